The molecule has 4 rings (SSSR count). The van der Waals surface area contributed by atoms with Gasteiger partial charge in [-0.05, 0) is 42.7 Å². The van der Waals surface area contributed by atoms with Gasteiger partial charge in [-0.3, -0.25) is 9.59 Å². The lowest BCUT2D eigenvalue weighted by molar-refractivity contribution is -0.158. The van der Waals surface area contributed by atoms with Crippen molar-refractivity contribution in [1.29, 1.82) is 0 Å². The van der Waals surface area contributed by atoms with Gasteiger partial charge in [0.2, 0.25) is 10.0 Å². The zero-order valence-electron chi connectivity index (χ0n) is 17.0. The fourth-order valence-corrected chi connectivity index (χ4v) is 5.67. The van der Waals surface area contributed by atoms with Gasteiger partial charge in [0, 0.05) is 38.8 Å². The highest BCUT2D eigenvalue weighted by Crippen LogP contribution is 2.25. The first-order valence-corrected chi connectivity index (χ1v) is 11.7. The lowest BCUT2D eigenvalue weighted by atomic mass is 10.0. The highest BCUT2D eigenvalue weighted by Gasteiger charge is 2.39. The van der Waals surface area contributed by atoms with Crippen LogP contribution >= 0.6 is 0 Å². The van der Waals surface area contributed by atoms with Crippen molar-refractivity contribution in [3.8, 4) is 0 Å². The number of piperidine rings is 1. The van der Waals surface area contributed by atoms with Crippen LogP contribution < -0.4 is 0 Å². The first-order chi connectivity index (χ1) is 14.9. The molecule has 2 aliphatic heterocycles. The number of hydrogen-bond donors (Lipinski definition) is 0. The van der Waals surface area contributed by atoms with E-state index in [4.69, 9.17) is 0 Å². The van der Waals surface area contributed by atoms with E-state index in [1.807, 2.05) is 0 Å². The van der Waals surface area contributed by atoms with Gasteiger partial charge in [-0.25, -0.2) is 12.8 Å². The molecule has 7 nitrogen and oxygen atoms in total. The molecule has 0 radical (unpaired) electrons. The van der Waals surface area contributed by atoms with Crippen LogP contribution in [0.15, 0.2) is 59.5 Å². The summed E-state index contributed by atoms with van der Waals surface area (Å²) in [6.45, 7) is 1.53. The smallest absolute Gasteiger partial charge is 0.312 e. The van der Waals surface area contributed by atoms with E-state index >= 15 is 0 Å². The number of piperazine rings is 1. The summed E-state index contributed by atoms with van der Waals surface area (Å²) >= 11 is 0. The molecule has 0 aromatic heterocycles. The van der Waals surface area contributed by atoms with Crippen LogP contribution in [0, 0.1) is 5.82 Å². The summed E-state index contributed by atoms with van der Waals surface area (Å²) in [6.07, 6.45) is 0.962. The summed E-state index contributed by atoms with van der Waals surface area (Å²) in [7, 11) is -3.56. The zero-order chi connectivity index (χ0) is 22.0. The highest BCUT2D eigenvalue weighted by atomic mass is 32.2. The first-order valence-electron chi connectivity index (χ1n) is 10.3. The zero-order valence-corrected chi connectivity index (χ0v) is 17.8. The predicted molar refractivity (Wildman–Crippen MR) is 112 cm³/mol. The lowest BCUT2D eigenvalue weighted by Crippen LogP contribution is -2.58. The summed E-state index contributed by atoms with van der Waals surface area (Å²) in [5, 5.41) is 0. The Hall–Kier alpha value is -2.78. The van der Waals surface area contributed by atoms with Gasteiger partial charge in [-0.1, -0.05) is 30.3 Å². The molecule has 2 saturated heterocycles. The molecular formula is C22H24FN3O4S. The van der Waals surface area contributed by atoms with Gasteiger partial charge in [0.1, 0.15) is 5.82 Å². The number of benzene rings is 2. The van der Waals surface area contributed by atoms with Crippen molar-refractivity contribution >= 4 is 21.8 Å². The SMILES string of the molecule is O=C1C(=O)N(C2CCN(S(=O)(=O)c3ccccc3)CC2)CCN1Cc1cccc(F)c1. The fourth-order valence-electron chi connectivity index (χ4n) is 4.18. The van der Waals surface area contributed by atoms with Crippen molar-refractivity contribution in [2.45, 2.75) is 30.3 Å². The van der Waals surface area contributed by atoms with Crippen LogP contribution in [0.25, 0.3) is 0 Å². The van der Waals surface area contributed by atoms with Gasteiger partial charge in [0.05, 0.1) is 4.90 Å². The van der Waals surface area contributed by atoms with E-state index in [9.17, 15) is 22.4 Å². The maximum atomic E-state index is 13.4. The standard InChI is InChI=1S/C22H24FN3O4S/c23-18-6-4-5-17(15-18)16-24-13-14-26(22(28)21(24)27)19-9-11-25(12-10-19)31(29,30)20-7-2-1-3-8-20/h1-8,15,19H,9-14,16H2. The summed E-state index contributed by atoms with van der Waals surface area (Å²) in [6, 6.07) is 14.1. The van der Waals surface area contributed by atoms with E-state index in [0.717, 1.165) is 0 Å². The molecular weight excluding hydrogens is 421 g/mol. The average Bonchev–Trinajstić information content (AvgIpc) is 2.78. The van der Waals surface area contributed by atoms with E-state index in [1.165, 1.54) is 21.3 Å². The summed E-state index contributed by atoms with van der Waals surface area (Å²) < 4.78 is 40.4. The van der Waals surface area contributed by atoms with Gasteiger partial charge >= 0.3 is 11.8 Å². The molecule has 2 heterocycles. The summed E-state index contributed by atoms with van der Waals surface area (Å²) in [5.74, 6) is -1.56. The van der Waals surface area contributed by atoms with Gasteiger partial charge in [0.15, 0.2) is 0 Å². The van der Waals surface area contributed by atoms with E-state index in [0.29, 0.717) is 44.6 Å². The van der Waals surface area contributed by atoms with Crippen molar-refractivity contribution in [3.63, 3.8) is 0 Å². The second-order valence-electron chi connectivity index (χ2n) is 7.80. The molecule has 0 saturated carbocycles. The molecule has 31 heavy (non-hydrogen) atoms. The quantitative estimate of drug-likeness (QED) is 0.658. The highest BCUT2D eigenvalue weighted by molar-refractivity contribution is 7.89. The van der Waals surface area contributed by atoms with Crippen molar-refractivity contribution < 1.29 is 22.4 Å². The number of nitrogens with zero attached hydrogens (tertiary/aromatic N) is 3. The van der Waals surface area contributed by atoms with Crippen LogP contribution in [-0.4, -0.2) is 66.6 Å². The van der Waals surface area contributed by atoms with Crippen LogP contribution in [0.3, 0.4) is 0 Å². The maximum absolute atomic E-state index is 13.4. The topological polar surface area (TPSA) is 78.0 Å². The third-order valence-corrected chi connectivity index (χ3v) is 7.76. The van der Waals surface area contributed by atoms with Gasteiger partial charge in [-0.2, -0.15) is 4.31 Å². The Balaban J connectivity index is 1.36. The van der Waals surface area contributed by atoms with E-state index in [-0.39, 0.29) is 23.3 Å². The normalized spacial score (nSPS) is 19.1. The van der Waals surface area contributed by atoms with Gasteiger partial charge in [-0.15, -0.1) is 0 Å². The minimum absolute atomic E-state index is 0.171. The average molecular weight is 446 g/mol. The molecule has 0 N–H and O–H groups in total. The Morgan fingerprint density at radius 3 is 2.26 bits per heavy atom. The molecule has 0 atom stereocenters. The molecule has 164 valence electrons. The number of rotatable bonds is 5. The largest absolute Gasteiger partial charge is 0.330 e. The minimum atomic E-state index is -3.56. The Morgan fingerprint density at radius 1 is 0.871 bits per heavy atom. The molecule has 2 fully saturated rings. The van der Waals surface area contributed by atoms with E-state index < -0.39 is 21.8 Å². The van der Waals surface area contributed by atoms with Crippen molar-refractivity contribution in [1.82, 2.24) is 14.1 Å². The second kappa shape index (κ2) is 8.76. The van der Waals surface area contributed by atoms with Crippen LogP contribution in [0.5, 0.6) is 0 Å². The fraction of sp³-hybridized carbons (Fsp3) is 0.364. The molecule has 0 bridgehead atoms. The number of carbonyl (C=O) groups is 2. The van der Waals surface area contributed by atoms with E-state index in [2.05, 4.69) is 0 Å². The minimum Gasteiger partial charge on any atom is -0.330 e. The predicted octanol–water partition coefficient (Wildman–Crippen LogP) is 1.85. The van der Waals surface area contributed by atoms with E-state index in [1.54, 1.807) is 47.4 Å². The van der Waals surface area contributed by atoms with Crippen LogP contribution in [0.4, 0.5) is 4.39 Å². The number of hydrogen-bond acceptors (Lipinski definition) is 4. The molecule has 2 aromatic rings. The number of carbonyl (C=O) groups excluding carboxylic acids is 2. The second-order valence-corrected chi connectivity index (χ2v) is 9.74. The third kappa shape index (κ3) is 4.47. The summed E-state index contributed by atoms with van der Waals surface area (Å²) in [5.41, 5.74) is 0.633. The molecule has 0 spiro atoms. The number of amides is 2. The van der Waals surface area contributed by atoms with Crippen LogP contribution in [0.1, 0.15) is 18.4 Å². The van der Waals surface area contributed by atoms with Crippen molar-refractivity contribution in [3.05, 3.63) is 66.0 Å². The van der Waals surface area contributed by atoms with Crippen molar-refractivity contribution in [2.24, 2.45) is 0 Å². The number of sulfonamides is 1. The molecule has 2 aromatic carbocycles. The van der Waals surface area contributed by atoms with Crippen LogP contribution in [-0.2, 0) is 26.2 Å². The molecule has 0 unspecified atom stereocenters. The van der Waals surface area contributed by atoms with Crippen molar-refractivity contribution in [2.75, 3.05) is 26.2 Å². The Morgan fingerprint density at radius 2 is 1.58 bits per heavy atom. The molecule has 0 aliphatic carbocycles. The molecule has 2 amide bonds. The lowest BCUT2D eigenvalue weighted by Gasteiger charge is -2.41. The van der Waals surface area contributed by atoms with Crippen LogP contribution in [0.2, 0.25) is 0 Å². The monoisotopic (exact) mass is 445 g/mol. The maximum Gasteiger partial charge on any atom is 0.312 e. The first kappa shape index (κ1) is 21.5. The molecule has 9 heteroatoms. The van der Waals surface area contributed by atoms with Gasteiger partial charge < -0.3 is 9.80 Å². The Bertz CT molecular complexity index is 1070. The number of halogens is 1. The molecule has 2 aliphatic rings. The Labute approximate surface area is 181 Å². The van der Waals surface area contributed by atoms with Gasteiger partial charge in [0.25, 0.3) is 0 Å². The Kier molecular flexibility index (Phi) is 6.06. The third-order valence-electron chi connectivity index (χ3n) is 5.85. The summed E-state index contributed by atoms with van der Waals surface area (Å²) in [4.78, 5) is 28.6.